The highest BCUT2D eigenvalue weighted by Gasteiger charge is 2.33. The molecule has 0 spiro atoms. The Labute approximate surface area is 199 Å². The summed E-state index contributed by atoms with van der Waals surface area (Å²) in [4.78, 5) is 31.2. The van der Waals surface area contributed by atoms with Crippen molar-refractivity contribution >= 4 is 56.5 Å². The van der Waals surface area contributed by atoms with Crippen LogP contribution < -0.4 is 4.74 Å². The number of nitrogens with zero attached hydrogens (tertiary/aromatic N) is 2. The molecule has 0 saturated carbocycles. The van der Waals surface area contributed by atoms with Crippen molar-refractivity contribution in [1.82, 2.24) is 4.90 Å². The molecule has 0 N–H and O–H groups in total. The molecule has 168 valence electrons. The van der Waals surface area contributed by atoms with E-state index in [1.54, 1.807) is 11.0 Å². The number of ether oxygens (including phenoxy) is 3. The van der Waals surface area contributed by atoms with Gasteiger partial charge in [0, 0.05) is 6.61 Å². The molecule has 0 aliphatic carbocycles. The van der Waals surface area contributed by atoms with Crippen LogP contribution in [0.25, 0.3) is 6.08 Å². The average Bonchev–Trinajstić information content (AvgIpc) is 3.08. The van der Waals surface area contributed by atoms with Crippen LogP contribution in [0.1, 0.15) is 12.5 Å². The lowest BCUT2D eigenvalue weighted by molar-refractivity contribution is -0.142. The number of halogens is 1. The van der Waals surface area contributed by atoms with Crippen LogP contribution in [0.15, 0.2) is 62.9 Å². The maximum Gasteiger partial charge on any atom is 0.343 e. The van der Waals surface area contributed by atoms with Crippen LogP contribution in [0, 0.1) is 0 Å². The Balaban J connectivity index is 1.82. The summed E-state index contributed by atoms with van der Waals surface area (Å²) in [5.74, 6) is -0.0763. The number of esters is 1. The van der Waals surface area contributed by atoms with Crippen LogP contribution in [0.5, 0.6) is 5.75 Å². The fraction of sp³-hybridized carbons (Fsp3) is 0.261. The first-order valence-corrected chi connectivity index (χ1v) is 11.5. The van der Waals surface area contributed by atoms with E-state index in [1.165, 1.54) is 18.9 Å². The molecule has 0 bridgehead atoms. The maximum absolute atomic E-state index is 13.1. The van der Waals surface area contributed by atoms with Gasteiger partial charge in [0.25, 0.3) is 5.91 Å². The molecule has 0 aromatic heterocycles. The minimum Gasteiger partial charge on any atom is -0.481 e. The van der Waals surface area contributed by atoms with Crippen molar-refractivity contribution in [2.75, 3.05) is 33.5 Å². The minimum atomic E-state index is -0.464. The average molecular weight is 519 g/mol. The third kappa shape index (κ3) is 6.44. The number of carbonyl (C=O) groups is 2. The number of rotatable bonds is 9. The molecule has 1 aliphatic rings. The molecule has 2 aromatic rings. The molecule has 0 atom stereocenters. The van der Waals surface area contributed by atoms with Gasteiger partial charge in [0.15, 0.2) is 11.8 Å². The van der Waals surface area contributed by atoms with E-state index in [-0.39, 0.29) is 12.5 Å². The molecule has 9 heteroatoms. The summed E-state index contributed by atoms with van der Waals surface area (Å²) in [6, 6.07) is 14.9. The van der Waals surface area contributed by atoms with E-state index in [0.29, 0.717) is 40.1 Å². The number of amides is 1. The minimum absolute atomic E-state index is 0.119. The molecule has 7 nitrogen and oxygen atoms in total. The van der Waals surface area contributed by atoms with Gasteiger partial charge in [0.05, 0.1) is 35.3 Å². The van der Waals surface area contributed by atoms with Gasteiger partial charge in [0.1, 0.15) is 5.75 Å². The molecule has 0 unspecified atom stereocenters. The molecule has 32 heavy (non-hydrogen) atoms. The van der Waals surface area contributed by atoms with Crippen molar-refractivity contribution < 1.29 is 23.8 Å². The highest BCUT2D eigenvalue weighted by Crippen LogP contribution is 2.35. The van der Waals surface area contributed by atoms with Crippen molar-refractivity contribution in [2.24, 2.45) is 4.99 Å². The fourth-order valence-electron chi connectivity index (χ4n) is 2.77. The standard InChI is InChI=1S/C23H23BrN2O5S/c1-3-30-12-11-26-22(28)20(32-23(26)25-17-7-5-4-6-8-17)14-16-9-10-19(18(24)13-16)31-15-21(27)29-2/h4-10,13-14H,3,11-12,15H2,1-2H3/b20-14-,25-23?. The van der Waals surface area contributed by atoms with Crippen LogP contribution >= 0.6 is 27.7 Å². The molecule has 1 saturated heterocycles. The molecule has 0 radical (unpaired) electrons. The second-order valence-corrected chi connectivity index (χ2v) is 8.41. The Morgan fingerprint density at radius 1 is 1.22 bits per heavy atom. The van der Waals surface area contributed by atoms with Gasteiger partial charge in [0.2, 0.25) is 0 Å². The zero-order chi connectivity index (χ0) is 22.9. The highest BCUT2D eigenvalue weighted by molar-refractivity contribution is 9.10. The highest BCUT2D eigenvalue weighted by atomic mass is 79.9. The number of amidine groups is 1. The zero-order valence-electron chi connectivity index (χ0n) is 17.7. The van der Waals surface area contributed by atoms with Crippen molar-refractivity contribution in [3.8, 4) is 5.75 Å². The maximum atomic E-state index is 13.1. The van der Waals surface area contributed by atoms with E-state index < -0.39 is 5.97 Å². The first kappa shape index (κ1) is 24.0. The summed E-state index contributed by atoms with van der Waals surface area (Å²) in [6.07, 6.45) is 1.81. The third-order valence-electron chi connectivity index (χ3n) is 4.36. The third-order valence-corrected chi connectivity index (χ3v) is 5.99. The summed E-state index contributed by atoms with van der Waals surface area (Å²) in [5, 5.41) is 0.615. The van der Waals surface area contributed by atoms with Gasteiger partial charge in [-0.05, 0) is 70.5 Å². The van der Waals surface area contributed by atoms with Crippen molar-refractivity contribution in [2.45, 2.75) is 6.92 Å². The predicted molar refractivity (Wildman–Crippen MR) is 129 cm³/mol. The number of carbonyl (C=O) groups excluding carboxylic acids is 2. The van der Waals surface area contributed by atoms with E-state index in [4.69, 9.17) is 9.47 Å². The summed E-state index contributed by atoms with van der Waals surface area (Å²) in [6.45, 7) is 3.18. The largest absolute Gasteiger partial charge is 0.481 e. The van der Waals surface area contributed by atoms with Crippen LogP contribution in [-0.2, 0) is 19.1 Å². The van der Waals surface area contributed by atoms with Crippen LogP contribution in [-0.4, -0.2) is 55.4 Å². The van der Waals surface area contributed by atoms with E-state index in [9.17, 15) is 9.59 Å². The number of methoxy groups -OCH3 is 1. The predicted octanol–water partition coefficient (Wildman–Crippen LogP) is 4.64. The number of thioether (sulfide) groups is 1. The number of aliphatic imine (C=N–C) groups is 1. The SMILES string of the molecule is CCOCCN1C(=O)/C(=C/c2ccc(OCC(=O)OC)c(Br)c2)SC1=Nc1ccccc1. The van der Waals surface area contributed by atoms with Gasteiger partial charge in [-0.3, -0.25) is 9.69 Å². The Hall–Kier alpha value is -2.62. The van der Waals surface area contributed by atoms with Gasteiger partial charge in [-0.1, -0.05) is 24.3 Å². The molecule has 2 aromatic carbocycles. The number of para-hydroxylation sites is 1. The molecule has 1 amide bonds. The summed E-state index contributed by atoms with van der Waals surface area (Å²) in [5.41, 5.74) is 1.59. The van der Waals surface area contributed by atoms with Crippen LogP contribution in [0.3, 0.4) is 0 Å². The van der Waals surface area contributed by atoms with Crippen molar-refractivity contribution in [3.05, 3.63) is 63.5 Å². The van der Waals surface area contributed by atoms with Gasteiger partial charge in [-0.2, -0.15) is 0 Å². The van der Waals surface area contributed by atoms with E-state index in [0.717, 1.165) is 11.3 Å². The van der Waals surface area contributed by atoms with E-state index >= 15 is 0 Å². The van der Waals surface area contributed by atoms with Gasteiger partial charge in [-0.15, -0.1) is 0 Å². The van der Waals surface area contributed by atoms with Crippen molar-refractivity contribution in [3.63, 3.8) is 0 Å². The first-order valence-electron chi connectivity index (χ1n) is 9.94. The van der Waals surface area contributed by atoms with Gasteiger partial charge < -0.3 is 14.2 Å². The van der Waals surface area contributed by atoms with Crippen LogP contribution in [0.2, 0.25) is 0 Å². The summed E-state index contributed by atoms with van der Waals surface area (Å²) in [7, 11) is 1.30. The molecule has 1 fully saturated rings. The lowest BCUT2D eigenvalue weighted by Crippen LogP contribution is -2.32. The number of hydrogen-bond acceptors (Lipinski definition) is 7. The lowest BCUT2D eigenvalue weighted by atomic mass is 10.2. The smallest absolute Gasteiger partial charge is 0.343 e. The van der Waals surface area contributed by atoms with E-state index in [2.05, 4.69) is 25.7 Å². The first-order chi connectivity index (χ1) is 15.5. The van der Waals surface area contributed by atoms with Crippen molar-refractivity contribution in [1.29, 1.82) is 0 Å². The summed E-state index contributed by atoms with van der Waals surface area (Å²) >= 11 is 4.77. The Bertz CT molecular complexity index is 1030. The topological polar surface area (TPSA) is 77.4 Å². The van der Waals surface area contributed by atoms with Gasteiger partial charge >= 0.3 is 5.97 Å². The zero-order valence-corrected chi connectivity index (χ0v) is 20.1. The Morgan fingerprint density at radius 3 is 2.69 bits per heavy atom. The van der Waals surface area contributed by atoms with E-state index in [1.807, 2.05) is 55.5 Å². The molecular weight excluding hydrogens is 496 g/mol. The summed E-state index contributed by atoms with van der Waals surface area (Å²) < 4.78 is 16.1. The quantitative estimate of drug-likeness (QED) is 0.273. The fourth-order valence-corrected chi connectivity index (χ4v) is 4.31. The molecule has 3 rings (SSSR count). The lowest BCUT2D eigenvalue weighted by Gasteiger charge is -2.15. The normalized spacial score (nSPS) is 16.1. The Kier molecular flexibility index (Phi) is 8.90. The molecular formula is C23H23BrN2O5S. The molecule has 1 aliphatic heterocycles. The second kappa shape index (κ2) is 11.8. The molecule has 1 heterocycles. The van der Waals surface area contributed by atoms with Crippen LogP contribution in [0.4, 0.5) is 5.69 Å². The Morgan fingerprint density at radius 2 is 2.00 bits per heavy atom. The number of benzene rings is 2. The monoisotopic (exact) mass is 518 g/mol. The second-order valence-electron chi connectivity index (χ2n) is 6.55. The van der Waals surface area contributed by atoms with Gasteiger partial charge in [-0.25, -0.2) is 9.79 Å². The number of hydrogen-bond donors (Lipinski definition) is 0.